The van der Waals surface area contributed by atoms with Gasteiger partial charge in [0.05, 0.1) is 6.61 Å². The van der Waals surface area contributed by atoms with Crippen LogP contribution in [0.3, 0.4) is 0 Å². The van der Waals surface area contributed by atoms with Crippen molar-refractivity contribution in [1.82, 2.24) is 0 Å². The molecule has 0 spiro atoms. The van der Waals surface area contributed by atoms with Crippen LogP contribution in [0, 0.1) is 0 Å². The van der Waals surface area contributed by atoms with E-state index in [2.05, 4.69) is 0 Å². The highest BCUT2D eigenvalue weighted by Gasteiger charge is 2.00. The van der Waals surface area contributed by atoms with Crippen molar-refractivity contribution in [2.75, 3.05) is 18.4 Å². The molecule has 0 aromatic carbocycles. The number of rotatable bonds is 6. The molecule has 0 radical (unpaired) electrons. The Kier molecular flexibility index (Phi) is 7.99. The minimum atomic E-state index is -0.722. The minimum Gasteiger partial charge on any atom is -0.368 e. The highest BCUT2D eigenvalue weighted by molar-refractivity contribution is 6.18. The lowest BCUT2D eigenvalue weighted by molar-refractivity contribution is -0.0989. The summed E-state index contributed by atoms with van der Waals surface area (Å²) in [6.07, 6.45) is 0.519. The normalized spacial score (nSPS) is 13.5. The van der Waals surface area contributed by atoms with Crippen LogP contribution in [-0.2, 0) is 4.74 Å². The second-order valence-corrected chi connectivity index (χ2v) is 2.60. The zero-order valence-electron chi connectivity index (χ0n) is 5.72. The third kappa shape index (κ3) is 6.62. The number of aliphatic hydroxyl groups is 1. The fourth-order valence-electron chi connectivity index (χ4n) is 0.451. The van der Waals surface area contributed by atoms with Crippen LogP contribution in [0.2, 0.25) is 0 Å². The summed E-state index contributed by atoms with van der Waals surface area (Å²) in [5.41, 5.74) is 0. The van der Waals surface area contributed by atoms with Crippen LogP contribution >= 0.6 is 23.2 Å². The monoisotopic (exact) mass is 186 g/mol. The smallest absolute Gasteiger partial charge is 0.155 e. The Balaban J connectivity index is 2.97. The summed E-state index contributed by atoms with van der Waals surface area (Å²) in [6, 6.07) is 0. The lowest BCUT2D eigenvalue weighted by atomic mass is 10.4. The van der Waals surface area contributed by atoms with Crippen LogP contribution in [0.15, 0.2) is 0 Å². The Morgan fingerprint density at radius 1 is 1.30 bits per heavy atom. The molecule has 0 fully saturated rings. The fourth-order valence-corrected chi connectivity index (χ4v) is 0.746. The molecule has 0 aliphatic carbocycles. The molecule has 0 aromatic heterocycles. The Morgan fingerprint density at radius 2 is 2.00 bits per heavy atom. The standard InChI is InChI=1S/C6H12Cl2O2/c7-3-1-5-10-6(9)2-4-8/h6,9H,1-5H2. The third-order valence-electron chi connectivity index (χ3n) is 0.944. The molecule has 1 atom stereocenters. The predicted molar refractivity (Wildman–Crippen MR) is 42.6 cm³/mol. The van der Waals surface area contributed by atoms with E-state index in [9.17, 15) is 0 Å². The van der Waals surface area contributed by atoms with Gasteiger partial charge in [-0.2, -0.15) is 0 Å². The van der Waals surface area contributed by atoms with Crippen LogP contribution in [0.4, 0.5) is 0 Å². The van der Waals surface area contributed by atoms with Gasteiger partial charge in [-0.3, -0.25) is 0 Å². The average molecular weight is 187 g/mol. The number of alkyl halides is 2. The van der Waals surface area contributed by atoms with E-state index in [1.165, 1.54) is 0 Å². The van der Waals surface area contributed by atoms with E-state index in [1.807, 2.05) is 0 Å². The van der Waals surface area contributed by atoms with Gasteiger partial charge < -0.3 is 9.84 Å². The molecule has 0 aliphatic rings. The Hall–Kier alpha value is 0.500. The molecule has 4 heteroatoms. The number of aliphatic hydroxyl groups excluding tert-OH is 1. The van der Waals surface area contributed by atoms with E-state index in [0.29, 0.717) is 24.8 Å². The van der Waals surface area contributed by atoms with Gasteiger partial charge >= 0.3 is 0 Å². The van der Waals surface area contributed by atoms with E-state index >= 15 is 0 Å². The van der Waals surface area contributed by atoms with Crippen molar-refractivity contribution >= 4 is 23.2 Å². The Bertz CT molecular complexity index is 70.8. The van der Waals surface area contributed by atoms with Crippen molar-refractivity contribution in [2.24, 2.45) is 0 Å². The fraction of sp³-hybridized carbons (Fsp3) is 1.00. The van der Waals surface area contributed by atoms with Crippen LogP contribution in [0.25, 0.3) is 0 Å². The summed E-state index contributed by atoms with van der Waals surface area (Å²) >= 11 is 10.7. The van der Waals surface area contributed by atoms with Crippen LogP contribution in [0.5, 0.6) is 0 Å². The highest BCUT2D eigenvalue weighted by atomic mass is 35.5. The first kappa shape index (κ1) is 10.5. The van der Waals surface area contributed by atoms with Gasteiger partial charge in [0.15, 0.2) is 6.29 Å². The maximum atomic E-state index is 8.93. The Labute approximate surface area is 71.1 Å². The SMILES string of the molecule is OC(CCCl)OCCCCl. The van der Waals surface area contributed by atoms with Crippen molar-refractivity contribution in [2.45, 2.75) is 19.1 Å². The number of hydrogen-bond acceptors (Lipinski definition) is 2. The van der Waals surface area contributed by atoms with Gasteiger partial charge in [-0.15, -0.1) is 23.2 Å². The Morgan fingerprint density at radius 3 is 2.50 bits per heavy atom. The van der Waals surface area contributed by atoms with Gasteiger partial charge in [0.1, 0.15) is 0 Å². The first-order chi connectivity index (χ1) is 4.81. The maximum absolute atomic E-state index is 8.93. The molecule has 1 unspecified atom stereocenters. The van der Waals surface area contributed by atoms with Gasteiger partial charge in [0, 0.05) is 18.2 Å². The van der Waals surface area contributed by atoms with Crippen molar-refractivity contribution < 1.29 is 9.84 Å². The van der Waals surface area contributed by atoms with E-state index in [-0.39, 0.29) is 0 Å². The van der Waals surface area contributed by atoms with Gasteiger partial charge in [-0.1, -0.05) is 0 Å². The maximum Gasteiger partial charge on any atom is 0.155 e. The second kappa shape index (κ2) is 7.61. The molecule has 10 heavy (non-hydrogen) atoms. The first-order valence-corrected chi connectivity index (χ1v) is 4.29. The number of ether oxygens (including phenoxy) is 1. The highest BCUT2D eigenvalue weighted by Crippen LogP contribution is 1.97. The van der Waals surface area contributed by atoms with E-state index in [0.717, 1.165) is 6.42 Å². The van der Waals surface area contributed by atoms with Crippen molar-refractivity contribution in [1.29, 1.82) is 0 Å². The van der Waals surface area contributed by atoms with Crippen molar-refractivity contribution in [3.8, 4) is 0 Å². The second-order valence-electron chi connectivity index (χ2n) is 1.85. The zero-order valence-corrected chi connectivity index (χ0v) is 7.24. The number of halogens is 2. The zero-order chi connectivity index (χ0) is 7.82. The quantitative estimate of drug-likeness (QED) is 0.388. The van der Waals surface area contributed by atoms with Crippen LogP contribution in [0.1, 0.15) is 12.8 Å². The molecule has 0 bridgehead atoms. The van der Waals surface area contributed by atoms with Gasteiger partial charge in [-0.25, -0.2) is 0 Å². The van der Waals surface area contributed by atoms with E-state index < -0.39 is 6.29 Å². The molecule has 0 saturated heterocycles. The topological polar surface area (TPSA) is 29.5 Å². The summed E-state index contributed by atoms with van der Waals surface area (Å²) < 4.78 is 4.91. The summed E-state index contributed by atoms with van der Waals surface area (Å²) in [5.74, 6) is 0.982. The van der Waals surface area contributed by atoms with Gasteiger partial charge in [0.2, 0.25) is 0 Å². The molecule has 1 N–H and O–H groups in total. The number of hydrogen-bond donors (Lipinski definition) is 1. The van der Waals surface area contributed by atoms with Crippen LogP contribution < -0.4 is 0 Å². The average Bonchev–Trinajstić information content (AvgIpc) is 1.89. The van der Waals surface area contributed by atoms with E-state index in [4.69, 9.17) is 33.0 Å². The summed E-state index contributed by atoms with van der Waals surface area (Å²) in [6.45, 7) is 0.502. The lowest BCUT2D eigenvalue weighted by Gasteiger charge is -2.08. The molecule has 0 heterocycles. The van der Waals surface area contributed by atoms with Crippen molar-refractivity contribution in [3.63, 3.8) is 0 Å². The van der Waals surface area contributed by atoms with Crippen LogP contribution in [-0.4, -0.2) is 29.8 Å². The summed E-state index contributed by atoms with van der Waals surface area (Å²) in [5, 5.41) is 8.93. The molecule has 62 valence electrons. The molecule has 0 saturated carbocycles. The summed E-state index contributed by atoms with van der Waals surface area (Å²) in [4.78, 5) is 0. The largest absolute Gasteiger partial charge is 0.368 e. The summed E-state index contributed by atoms with van der Waals surface area (Å²) in [7, 11) is 0. The first-order valence-electron chi connectivity index (χ1n) is 3.23. The lowest BCUT2D eigenvalue weighted by Crippen LogP contribution is -2.13. The van der Waals surface area contributed by atoms with E-state index in [1.54, 1.807) is 0 Å². The molecular formula is C6H12Cl2O2. The van der Waals surface area contributed by atoms with Gasteiger partial charge in [0.25, 0.3) is 0 Å². The van der Waals surface area contributed by atoms with Crippen molar-refractivity contribution in [3.05, 3.63) is 0 Å². The third-order valence-corrected chi connectivity index (χ3v) is 1.43. The van der Waals surface area contributed by atoms with Gasteiger partial charge in [-0.05, 0) is 6.42 Å². The molecule has 0 rings (SSSR count). The molecule has 0 aromatic rings. The molecule has 0 amide bonds. The molecular weight excluding hydrogens is 175 g/mol. The molecule has 0 aliphatic heterocycles. The molecule has 2 nitrogen and oxygen atoms in total. The predicted octanol–water partition coefficient (Wildman–Crippen LogP) is 1.58. The minimum absolute atomic E-state index is 0.419.